The molecule has 5 rings (SSSR count). The molecule has 178 valence electrons. The van der Waals surface area contributed by atoms with E-state index in [2.05, 4.69) is 5.16 Å². The first kappa shape index (κ1) is 23.5. The summed E-state index contributed by atoms with van der Waals surface area (Å²) in [6.45, 7) is 1.94. The van der Waals surface area contributed by atoms with Crippen molar-refractivity contribution >= 4 is 45.7 Å². The van der Waals surface area contributed by atoms with Crippen LogP contribution < -0.4 is 0 Å². The predicted molar refractivity (Wildman–Crippen MR) is 129 cm³/mol. The molecule has 3 aromatic carbocycles. The number of carbonyl (C=O) groups is 1. The van der Waals surface area contributed by atoms with Crippen LogP contribution in [0.3, 0.4) is 0 Å². The molecule has 2 heterocycles. The maximum Gasteiger partial charge on any atom is 0.435 e. The predicted octanol–water partition coefficient (Wildman–Crippen LogP) is 7.53. The van der Waals surface area contributed by atoms with Gasteiger partial charge < -0.3 is 4.84 Å². The Morgan fingerprint density at radius 3 is 2.34 bits per heavy atom. The first-order valence-corrected chi connectivity index (χ1v) is 11.3. The second kappa shape index (κ2) is 8.43. The molecule has 4 aromatic rings. The van der Waals surface area contributed by atoms with Crippen LogP contribution in [0, 0.1) is 6.92 Å². The summed E-state index contributed by atoms with van der Waals surface area (Å²) in [5.74, 6) is -0.250. The highest BCUT2D eigenvalue weighted by molar-refractivity contribution is 6.34. The molecule has 35 heavy (non-hydrogen) atoms. The molecule has 0 fully saturated rings. The lowest BCUT2D eigenvalue weighted by Crippen LogP contribution is -2.42. The molecule has 0 spiro atoms. The fourth-order valence-electron chi connectivity index (χ4n) is 4.21. The number of nitrogens with zero attached hydrogens (tertiary/aromatic N) is 2. The fraction of sp³-hybridized carbons (Fsp3) is 0.154. The number of benzene rings is 3. The Morgan fingerprint density at radius 1 is 1.00 bits per heavy atom. The second-order valence-corrected chi connectivity index (χ2v) is 9.29. The monoisotopic (exact) mass is 516 g/mol. The van der Waals surface area contributed by atoms with E-state index >= 15 is 0 Å². The molecule has 4 nitrogen and oxygen atoms in total. The molecule has 0 radical (unpaired) electrons. The quantitative estimate of drug-likeness (QED) is 0.282. The molecule has 1 unspecified atom stereocenters. The third kappa shape index (κ3) is 4.09. The zero-order chi connectivity index (χ0) is 25.0. The van der Waals surface area contributed by atoms with Gasteiger partial charge in [-0.1, -0.05) is 52.6 Å². The van der Waals surface area contributed by atoms with Crippen LogP contribution in [0.4, 0.5) is 13.2 Å². The average molecular weight is 517 g/mol. The lowest BCUT2D eigenvalue weighted by molar-refractivity contribution is -0.275. The van der Waals surface area contributed by atoms with Gasteiger partial charge in [-0.15, -0.1) is 0 Å². The van der Waals surface area contributed by atoms with Gasteiger partial charge in [-0.25, -0.2) is 0 Å². The molecule has 0 saturated carbocycles. The third-order valence-corrected chi connectivity index (χ3v) is 6.48. The van der Waals surface area contributed by atoms with E-state index in [1.54, 1.807) is 35.0 Å². The van der Waals surface area contributed by atoms with Gasteiger partial charge in [-0.3, -0.25) is 9.36 Å². The first-order chi connectivity index (χ1) is 16.6. The summed E-state index contributed by atoms with van der Waals surface area (Å²) in [6, 6.07) is 17.6. The Kier molecular flexibility index (Phi) is 5.65. The Bertz CT molecular complexity index is 1470. The van der Waals surface area contributed by atoms with Crippen LogP contribution in [-0.4, -0.2) is 22.4 Å². The van der Waals surface area contributed by atoms with Crippen LogP contribution in [0.5, 0.6) is 0 Å². The number of fused-ring (bicyclic) bond motifs is 1. The maximum absolute atomic E-state index is 14.2. The molecule has 0 amide bonds. The molecule has 1 aromatic heterocycles. The van der Waals surface area contributed by atoms with Crippen LogP contribution in [0.1, 0.15) is 33.5 Å². The van der Waals surface area contributed by atoms with Crippen LogP contribution in [0.2, 0.25) is 10.0 Å². The number of rotatable bonds is 3. The van der Waals surface area contributed by atoms with E-state index in [0.29, 0.717) is 11.1 Å². The van der Waals surface area contributed by atoms with Crippen LogP contribution in [0.15, 0.2) is 78.1 Å². The zero-order valence-corrected chi connectivity index (χ0v) is 19.7. The van der Waals surface area contributed by atoms with Crippen molar-refractivity contribution < 1.29 is 22.8 Å². The van der Waals surface area contributed by atoms with E-state index in [9.17, 15) is 18.0 Å². The van der Waals surface area contributed by atoms with Gasteiger partial charge in [0.2, 0.25) is 0 Å². The van der Waals surface area contributed by atoms with Crippen LogP contribution in [0.25, 0.3) is 10.9 Å². The van der Waals surface area contributed by atoms with Gasteiger partial charge in [-0.05, 0) is 60.5 Å². The highest BCUT2D eigenvalue weighted by atomic mass is 35.5. The van der Waals surface area contributed by atoms with Crippen molar-refractivity contribution in [3.05, 3.63) is 105 Å². The molecule has 9 heteroatoms. The molecule has 0 aliphatic carbocycles. The Balaban J connectivity index is 1.43. The molecule has 1 aliphatic heterocycles. The van der Waals surface area contributed by atoms with Crippen molar-refractivity contribution in [1.82, 2.24) is 4.57 Å². The number of carbonyl (C=O) groups excluding carboxylic acids is 1. The number of aryl methyl sites for hydroxylation is 1. The second-order valence-electron chi connectivity index (χ2n) is 8.42. The number of halogens is 5. The number of oxime groups is 1. The molecule has 0 bridgehead atoms. The third-order valence-electron chi connectivity index (χ3n) is 6.05. The minimum Gasteiger partial charge on any atom is -0.374 e. The van der Waals surface area contributed by atoms with E-state index in [0.717, 1.165) is 16.5 Å². The van der Waals surface area contributed by atoms with E-state index in [1.165, 1.54) is 18.2 Å². The van der Waals surface area contributed by atoms with Crippen LogP contribution >= 0.6 is 23.2 Å². The Labute approximate surface area is 208 Å². The minimum atomic E-state index is -4.78. The topological polar surface area (TPSA) is 43.6 Å². The molecule has 0 saturated heterocycles. The lowest BCUT2D eigenvalue weighted by atomic mass is 9.86. The maximum atomic E-state index is 14.2. The largest absolute Gasteiger partial charge is 0.435 e. The minimum absolute atomic E-state index is 0.0590. The van der Waals surface area contributed by atoms with Crippen molar-refractivity contribution in [2.45, 2.75) is 25.1 Å². The number of aromatic nitrogens is 1. The standard InChI is InChI=1S/C26H17Cl2F3N2O2/c1-15-2-3-17-8-9-33(23(17)10-15)24(34)18-6-4-16(5-7-18)22-14-25(35-32-22,26(29,30)31)19-11-20(27)13-21(28)12-19/h2-13H,14H2,1H3. The molecule has 1 aliphatic rings. The van der Waals surface area contributed by atoms with E-state index in [-0.39, 0.29) is 27.2 Å². The van der Waals surface area contributed by atoms with Gasteiger partial charge in [0.05, 0.1) is 11.2 Å². The van der Waals surface area contributed by atoms with Crippen molar-refractivity contribution in [3.63, 3.8) is 0 Å². The smallest absolute Gasteiger partial charge is 0.374 e. The molecule has 1 atom stereocenters. The summed E-state index contributed by atoms with van der Waals surface area (Å²) in [6.07, 6.45) is -3.65. The summed E-state index contributed by atoms with van der Waals surface area (Å²) in [4.78, 5) is 18.1. The SMILES string of the molecule is Cc1ccc2ccn(C(=O)c3ccc(C4=NOC(c5cc(Cl)cc(Cl)c5)(C(F)(F)F)C4)cc3)c2c1. The Morgan fingerprint density at radius 2 is 1.69 bits per heavy atom. The van der Waals surface area contributed by atoms with Gasteiger partial charge in [0.15, 0.2) is 0 Å². The van der Waals surface area contributed by atoms with Gasteiger partial charge in [0.25, 0.3) is 11.5 Å². The highest BCUT2D eigenvalue weighted by Crippen LogP contribution is 2.49. The van der Waals surface area contributed by atoms with Crippen LogP contribution in [-0.2, 0) is 10.4 Å². The van der Waals surface area contributed by atoms with Crippen molar-refractivity contribution in [2.24, 2.45) is 5.16 Å². The first-order valence-electron chi connectivity index (χ1n) is 10.6. The highest BCUT2D eigenvalue weighted by Gasteiger charge is 2.62. The van der Waals surface area contributed by atoms with Gasteiger partial charge in [0, 0.05) is 39.2 Å². The molecule has 0 N–H and O–H groups in total. The number of alkyl halides is 3. The lowest BCUT2D eigenvalue weighted by Gasteiger charge is -2.29. The zero-order valence-electron chi connectivity index (χ0n) is 18.2. The summed E-state index contributed by atoms with van der Waals surface area (Å²) >= 11 is 11.9. The van der Waals surface area contributed by atoms with Crippen molar-refractivity contribution in [2.75, 3.05) is 0 Å². The number of hydrogen-bond donors (Lipinski definition) is 0. The fourth-order valence-corrected chi connectivity index (χ4v) is 4.73. The van der Waals surface area contributed by atoms with E-state index < -0.39 is 18.2 Å². The average Bonchev–Trinajstić information content (AvgIpc) is 3.43. The van der Waals surface area contributed by atoms with Gasteiger partial charge in [-0.2, -0.15) is 13.2 Å². The summed E-state index contributed by atoms with van der Waals surface area (Å²) in [7, 11) is 0. The van der Waals surface area contributed by atoms with E-state index in [4.69, 9.17) is 28.0 Å². The summed E-state index contributed by atoms with van der Waals surface area (Å²) in [5.41, 5.74) is -0.253. The number of hydrogen-bond acceptors (Lipinski definition) is 3. The summed E-state index contributed by atoms with van der Waals surface area (Å²) < 4.78 is 44.2. The molecular formula is C26H17Cl2F3N2O2. The normalized spacial score (nSPS) is 17.9. The Hall–Kier alpha value is -3.29. The van der Waals surface area contributed by atoms with E-state index in [1.807, 2.05) is 31.2 Å². The van der Waals surface area contributed by atoms with Gasteiger partial charge >= 0.3 is 6.18 Å². The molecular weight excluding hydrogens is 500 g/mol. The van der Waals surface area contributed by atoms with Crippen molar-refractivity contribution in [1.29, 1.82) is 0 Å². The summed E-state index contributed by atoms with van der Waals surface area (Å²) in [5, 5.41) is 4.81. The van der Waals surface area contributed by atoms with Gasteiger partial charge in [0.1, 0.15) is 0 Å². The van der Waals surface area contributed by atoms with Crippen molar-refractivity contribution in [3.8, 4) is 0 Å².